The summed E-state index contributed by atoms with van der Waals surface area (Å²) in [5.41, 5.74) is 1.30. The molecule has 20 heavy (non-hydrogen) atoms. The van der Waals surface area contributed by atoms with Crippen LogP contribution < -0.4 is 5.32 Å². The van der Waals surface area contributed by atoms with Gasteiger partial charge in [0, 0.05) is 4.47 Å². The molecule has 0 saturated carbocycles. The molecule has 1 unspecified atom stereocenters. The lowest BCUT2D eigenvalue weighted by Crippen LogP contribution is -2.27. The summed E-state index contributed by atoms with van der Waals surface area (Å²) < 4.78 is 0.965. The lowest BCUT2D eigenvalue weighted by atomic mass is 10.1. The highest BCUT2D eigenvalue weighted by Gasteiger charge is 2.17. The van der Waals surface area contributed by atoms with Crippen LogP contribution in [-0.4, -0.2) is 5.91 Å². The molecule has 0 aliphatic rings. The summed E-state index contributed by atoms with van der Waals surface area (Å²) in [7, 11) is 0. The maximum Gasteiger partial charge on any atom is 0.254 e. The van der Waals surface area contributed by atoms with Crippen LogP contribution in [0.1, 0.15) is 28.9 Å². The molecule has 2 aromatic carbocycles. The van der Waals surface area contributed by atoms with E-state index in [4.69, 9.17) is 23.2 Å². The van der Waals surface area contributed by atoms with E-state index in [1.807, 2.05) is 31.2 Å². The van der Waals surface area contributed by atoms with Gasteiger partial charge in [-0.15, -0.1) is 0 Å². The van der Waals surface area contributed by atoms with E-state index in [0.717, 1.165) is 10.0 Å². The monoisotopic (exact) mass is 371 g/mol. The molecule has 2 rings (SSSR count). The van der Waals surface area contributed by atoms with Gasteiger partial charge in [0.2, 0.25) is 0 Å². The van der Waals surface area contributed by atoms with Gasteiger partial charge in [-0.05, 0) is 36.8 Å². The average molecular weight is 373 g/mol. The summed E-state index contributed by atoms with van der Waals surface area (Å²) in [6.07, 6.45) is 0. The predicted molar refractivity (Wildman–Crippen MR) is 86.5 cm³/mol. The zero-order valence-corrected chi connectivity index (χ0v) is 13.8. The predicted octanol–water partition coefficient (Wildman–Crippen LogP) is 5.25. The Morgan fingerprint density at radius 1 is 1.15 bits per heavy atom. The van der Waals surface area contributed by atoms with Crippen molar-refractivity contribution in [3.05, 3.63) is 68.1 Å². The number of amides is 1. The van der Waals surface area contributed by atoms with Crippen molar-refractivity contribution in [1.29, 1.82) is 0 Å². The number of rotatable bonds is 3. The van der Waals surface area contributed by atoms with E-state index >= 15 is 0 Å². The van der Waals surface area contributed by atoms with E-state index in [1.54, 1.807) is 18.2 Å². The van der Waals surface area contributed by atoms with Crippen LogP contribution >= 0.6 is 39.1 Å². The Morgan fingerprint density at radius 3 is 2.35 bits per heavy atom. The van der Waals surface area contributed by atoms with Gasteiger partial charge in [-0.1, -0.05) is 57.3 Å². The molecule has 0 saturated heterocycles. The Balaban J connectivity index is 2.20. The van der Waals surface area contributed by atoms with Gasteiger partial charge in [0.05, 0.1) is 21.7 Å². The summed E-state index contributed by atoms with van der Waals surface area (Å²) in [6, 6.07) is 12.6. The van der Waals surface area contributed by atoms with Gasteiger partial charge in [0.25, 0.3) is 5.91 Å². The summed E-state index contributed by atoms with van der Waals surface area (Å²) in [5, 5.41) is 3.58. The molecule has 0 heterocycles. The third-order valence-electron chi connectivity index (χ3n) is 2.89. The zero-order valence-electron chi connectivity index (χ0n) is 10.7. The molecule has 0 radical (unpaired) electrons. The summed E-state index contributed by atoms with van der Waals surface area (Å²) in [6.45, 7) is 1.91. The van der Waals surface area contributed by atoms with Crippen LogP contribution in [0, 0.1) is 0 Å². The first-order valence-corrected chi connectivity index (χ1v) is 7.54. The van der Waals surface area contributed by atoms with Crippen molar-refractivity contribution in [2.45, 2.75) is 13.0 Å². The normalized spacial score (nSPS) is 12.0. The molecule has 1 amide bonds. The maximum absolute atomic E-state index is 12.3. The van der Waals surface area contributed by atoms with Gasteiger partial charge in [0.1, 0.15) is 0 Å². The molecule has 0 aliphatic heterocycles. The number of nitrogens with one attached hydrogen (secondary N) is 1. The highest BCUT2D eigenvalue weighted by Crippen LogP contribution is 2.25. The lowest BCUT2D eigenvalue weighted by Gasteiger charge is -2.16. The Bertz CT molecular complexity index is 625. The molecule has 104 valence electrons. The number of carbonyl (C=O) groups excluding carboxylic acids is 1. The van der Waals surface area contributed by atoms with Gasteiger partial charge >= 0.3 is 0 Å². The average Bonchev–Trinajstić information content (AvgIpc) is 2.38. The molecule has 5 heteroatoms. The number of carbonyl (C=O) groups is 1. The first-order valence-electron chi connectivity index (χ1n) is 5.99. The van der Waals surface area contributed by atoms with Crippen LogP contribution in [0.25, 0.3) is 0 Å². The fraction of sp³-hybridized carbons (Fsp3) is 0.133. The Kier molecular flexibility index (Phi) is 5.08. The molecule has 2 aromatic rings. The summed E-state index contributed by atoms with van der Waals surface area (Å²) in [5.74, 6) is -0.284. The van der Waals surface area contributed by atoms with Gasteiger partial charge in [0.15, 0.2) is 0 Å². The van der Waals surface area contributed by atoms with Crippen molar-refractivity contribution < 1.29 is 4.79 Å². The van der Waals surface area contributed by atoms with Gasteiger partial charge < -0.3 is 5.32 Å². The van der Waals surface area contributed by atoms with E-state index in [0.29, 0.717) is 15.6 Å². The third kappa shape index (κ3) is 3.54. The van der Waals surface area contributed by atoms with Crippen molar-refractivity contribution in [1.82, 2.24) is 5.32 Å². The molecule has 2 nitrogen and oxygen atoms in total. The number of benzene rings is 2. The first-order chi connectivity index (χ1) is 9.49. The molecule has 1 N–H and O–H groups in total. The number of hydrogen-bond acceptors (Lipinski definition) is 1. The quantitative estimate of drug-likeness (QED) is 0.783. The topological polar surface area (TPSA) is 29.1 Å². The highest BCUT2D eigenvalue weighted by molar-refractivity contribution is 9.10. The van der Waals surface area contributed by atoms with Crippen LogP contribution in [0.4, 0.5) is 0 Å². The second kappa shape index (κ2) is 6.61. The molecule has 0 aromatic heterocycles. The van der Waals surface area contributed by atoms with Gasteiger partial charge in [-0.2, -0.15) is 0 Å². The summed E-state index contributed by atoms with van der Waals surface area (Å²) >= 11 is 15.5. The zero-order chi connectivity index (χ0) is 14.7. The minimum absolute atomic E-state index is 0.146. The fourth-order valence-electron chi connectivity index (χ4n) is 1.84. The first kappa shape index (κ1) is 15.4. The second-order valence-electron chi connectivity index (χ2n) is 4.35. The van der Waals surface area contributed by atoms with E-state index in [1.165, 1.54) is 0 Å². The molecule has 0 bridgehead atoms. The number of hydrogen-bond donors (Lipinski definition) is 1. The van der Waals surface area contributed by atoms with E-state index in [-0.39, 0.29) is 11.9 Å². The third-order valence-corrected chi connectivity index (χ3v) is 4.01. The molecular formula is C15H12BrCl2NO. The van der Waals surface area contributed by atoms with Crippen molar-refractivity contribution >= 4 is 45.0 Å². The molecule has 0 spiro atoms. The minimum Gasteiger partial charge on any atom is -0.345 e. The molecule has 0 fully saturated rings. The number of halogens is 3. The molecule has 1 atom stereocenters. The smallest absolute Gasteiger partial charge is 0.254 e. The fourth-order valence-corrected chi connectivity index (χ4v) is 2.83. The molecule has 0 aliphatic carbocycles. The van der Waals surface area contributed by atoms with E-state index < -0.39 is 0 Å². The van der Waals surface area contributed by atoms with Crippen molar-refractivity contribution in [3.63, 3.8) is 0 Å². The van der Waals surface area contributed by atoms with Crippen molar-refractivity contribution in [2.75, 3.05) is 0 Å². The van der Waals surface area contributed by atoms with Crippen LogP contribution in [-0.2, 0) is 0 Å². The standard InChI is InChI=1S/C15H12BrCl2NO/c1-9(10-4-2-5-11(16)8-10)19-15(20)14-12(17)6-3-7-13(14)18/h2-9H,1H3,(H,19,20). The van der Waals surface area contributed by atoms with Gasteiger partial charge in [-0.3, -0.25) is 4.79 Å². The summed E-state index contributed by atoms with van der Waals surface area (Å²) in [4.78, 5) is 12.3. The van der Waals surface area contributed by atoms with Crippen LogP contribution in [0.5, 0.6) is 0 Å². The highest BCUT2D eigenvalue weighted by atomic mass is 79.9. The lowest BCUT2D eigenvalue weighted by molar-refractivity contribution is 0.0940. The largest absolute Gasteiger partial charge is 0.345 e. The Hall–Kier alpha value is -1.03. The van der Waals surface area contributed by atoms with E-state index in [9.17, 15) is 4.79 Å². The van der Waals surface area contributed by atoms with Crippen LogP contribution in [0.2, 0.25) is 10.0 Å². The second-order valence-corrected chi connectivity index (χ2v) is 6.08. The Morgan fingerprint density at radius 2 is 1.75 bits per heavy atom. The van der Waals surface area contributed by atoms with Crippen molar-refractivity contribution in [3.8, 4) is 0 Å². The van der Waals surface area contributed by atoms with Crippen molar-refractivity contribution in [2.24, 2.45) is 0 Å². The van der Waals surface area contributed by atoms with Gasteiger partial charge in [-0.25, -0.2) is 0 Å². The van der Waals surface area contributed by atoms with Crippen LogP contribution in [0.3, 0.4) is 0 Å². The SMILES string of the molecule is CC(NC(=O)c1c(Cl)cccc1Cl)c1cccc(Br)c1. The molecular weight excluding hydrogens is 361 g/mol. The van der Waals surface area contributed by atoms with Crippen LogP contribution in [0.15, 0.2) is 46.9 Å². The minimum atomic E-state index is -0.284. The van der Waals surface area contributed by atoms with E-state index in [2.05, 4.69) is 21.2 Å². The maximum atomic E-state index is 12.3. The Labute approximate surface area is 136 Å².